The van der Waals surface area contributed by atoms with Gasteiger partial charge in [-0.05, 0) is 49.2 Å². The highest BCUT2D eigenvalue weighted by Gasteiger charge is 2.36. The Morgan fingerprint density at radius 3 is 2.64 bits per heavy atom. The first-order valence-corrected chi connectivity index (χ1v) is 14.4. The van der Waals surface area contributed by atoms with Gasteiger partial charge in [0, 0.05) is 63.6 Å². The number of hydrogen-bond acceptors (Lipinski definition) is 8. The minimum absolute atomic E-state index is 0.0931. The van der Waals surface area contributed by atoms with E-state index in [0.29, 0.717) is 18.8 Å². The van der Waals surface area contributed by atoms with Gasteiger partial charge in [-0.2, -0.15) is 5.10 Å². The maximum atomic E-state index is 12.9. The van der Waals surface area contributed by atoms with E-state index >= 15 is 0 Å². The van der Waals surface area contributed by atoms with Crippen LogP contribution in [0.3, 0.4) is 0 Å². The van der Waals surface area contributed by atoms with E-state index < -0.39 is 0 Å². The van der Waals surface area contributed by atoms with Gasteiger partial charge in [-0.15, -0.1) is 0 Å². The van der Waals surface area contributed by atoms with Crippen molar-refractivity contribution >= 4 is 28.5 Å². The van der Waals surface area contributed by atoms with E-state index in [0.717, 1.165) is 72.7 Å². The Kier molecular flexibility index (Phi) is 8.05. The number of anilines is 1. The number of pyridine rings is 1. The molecule has 2 saturated heterocycles. The van der Waals surface area contributed by atoms with Crippen molar-refractivity contribution in [1.82, 2.24) is 24.6 Å². The number of hydrogen-bond donors (Lipinski definition) is 0. The molecule has 0 unspecified atom stereocenters. The van der Waals surface area contributed by atoms with Gasteiger partial charge in [-0.25, -0.2) is 4.68 Å². The third kappa shape index (κ3) is 5.80. The quantitative estimate of drug-likeness (QED) is 0.299. The first-order valence-electron chi connectivity index (χ1n) is 14.4. The van der Waals surface area contributed by atoms with E-state index in [2.05, 4.69) is 40.1 Å². The summed E-state index contributed by atoms with van der Waals surface area (Å²) in [7, 11) is 1.37. The molecule has 42 heavy (non-hydrogen) atoms. The molecular formula is C32H36N6O4. The van der Waals surface area contributed by atoms with Crippen molar-refractivity contribution in [1.29, 1.82) is 0 Å². The van der Waals surface area contributed by atoms with Crippen LogP contribution in [0.4, 0.5) is 5.69 Å². The zero-order valence-corrected chi connectivity index (χ0v) is 24.1. The molecule has 0 bridgehead atoms. The number of aromatic nitrogens is 3. The molecule has 1 amide bonds. The molecule has 218 valence electrons. The number of methoxy groups -OCH3 is 1. The number of carbonyl (C=O) groups excluding carboxylic acids is 2. The molecule has 2 aliphatic rings. The molecule has 10 nitrogen and oxygen atoms in total. The van der Waals surface area contributed by atoms with Crippen LogP contribution < -0.4 is 9.64 Å². The van der Waals surface area contributed by atoms with Gasteiger partial charge in [0.1, 0.15) is 11.4 Å². The minimum atomic E-state index is -0.279. The Morgan fingerprint density at radius 2 is 1.83 bits per heavy atom. The third-order valence-electron chi connectivity index (χ3n) is 8.07. The number of fused-ring (bicyclic) bond motifs is 1. The predicted octanol–water partition coefficient (Wildman–Crippen LogP) is 3.45. The second-order valence-electron chi connectivity index (χ2n) is 11.0. The molecule has 0 spiro atoms. The van der Waals surface area contributed by atoms with Crippen LogP contribution in [0.1, 0.15) is 17.7 Å². The van der Waals surface area contributed by atoms with Crippen molar-refractivity contribution in [2.75, 3.05) is 57.9 Å². The van der Waals surface area contributed by atoms with Crippen LogP contribution in [0.5, 0.6) is 5.75 Å². The van der Waals surface area contributed by atoms with Crippen LogP contribution in [0.25, 0.3) is 16.6 Å². The van der Waals surface area contributed by atoms with Crippen molar-refractivity contribution in [2.24, 2.45) is 5.92 Å². The molecule has 0 saturated carbocycles. The number of ether oxygens (including phenoxy) is 2. The van der Waals surface area contributed by atoms with E-state index in [9.17, 15) is 9.59 Å². The SMILES string of the molecule is COC(=O)C1CN(C(=O)COc2c(C)cc3cccnc3c2N2CCCN(Cc3ccn(-c4ccccc4)n3)CC2)C1. The molecule has 0 radical (unpaired) electrons. The van der Waals surface area contributed by atoms with Gasteiger partial charge < -0.3 is 19.3 Å². The Balaban J connectivity index is 1.16. The minimum Gasteiger partial charge on any atom is -0.481 e. The molecule has 4 aromatic rings. The summed E-state index contributed by atoms with van der Waals surface area (Å²) in [5.41, 5.74) is 4.85. The normalized spacial score (nSPS) is 16.2. The van der Waals surface area contributed by atoms with Gasteiger partial charge >= 0.3 is 5.97 Å². The van der Waals surface area contributed by atoms with Crippen LogP contribution in [0, 0.1) is 12.8 Å². The molecule has 4 heterocycles. The molecule has 0 atom stereocenters. The largest absolute Gasteiger partial charge is 0.481 e. The number of rotatable bonds is 8. The molecule has 0 N–H and O–H groups in total. The zero-order valence-electron chi connectivity index (χ0n) is 24.1. The lowest BCUT2D eigenvalue weighted by molar-refractivity contribution is -0.156. The monoisotopic (exact) mass is 568 g/mol. The predicted molar refractivity (Wildman–Crippen MR) is 160 cm³/mol. The summed E-state index contributed by atoms with van der Waals surface area (Å²) in [4.78, 5) is 35.8. The zero-order chi connectivity index (χ0) is 29.1. The molecule has 0 aliphatic carbocycles. The van der Waals surface area contributed by atoms with Gasteiger partial charge in [0.15, 0.2) is 6.61 Å². The fraction of sp³-hybridized carbons (Fsp3) is 0.375. The van der Waals surface area contributed by atoms with Gasteiger partial charge in [0.2, 0.25) is 0 Å². The van der Waals surface area contributed by atoms with Crippen molar-refractivity contribution in [2.45, 2.75) is 19.9 Å². The molecule has 2 aliphatic heterocycles. The van der Waals surface area contributed by atoms with Crippen LogP contribution in [0.2, 0.25) is 0 Å². The lowest BCUT2D eigenvalue weighted by atomic mass is 10.0. The van der Waals surface area contributed by atoms with E-state index in [-0.39, 0.29) is 24.4 Å². The Bertz CT molecular complexity index is 1570. The fourth-order valence-electron chi connectivity index (χ4n) is 5.78. The summed E-state index contributed by atoms with van der Waals surface area (Å²) in [5, 5.41) is 5.85. The summed E-state index contributed by atoms with van der Waals surface area (Å²) in [6, 6.07) is 18.3. The van der Waals surface area contributed by atoms with Crippen molar-refractivity contribution in [3.63, 3.8) is 0 Å². The number of carbonyl (C=O) groups is 2. The molecule has 6 rings (SSSR count). The first-order chi connectivity index (χ1) is 20.5. The Labute approximate surface area is 245 Å². The van der Waals surface area contributed by atoms with Gasteiger partial charge in [-0.3, -0.25) is 19.5 Å². The number of amides is 1. The smallest absolute Gasteiger partial charge is 0.312 e. The average molecular weight is 569 g/mol. The summed E-state index contributed by atoms with van der Waals surface area (Å²) in [5.74, 6) is 0.0139. The first kappa shape index (κ1) is 27.7. The topological polar surface area (TPSA) is 93.0 Å². The Hall–Kier alpha value is -4.44. The lowest BCUT2D eigenvalue weighted by Crippen LogP contribution is -2.54. The number of benzene rings is 2. The summed E-state index contributed by atoms with van der Waals surface area (Å²) < 4.78 is 13.0. The molecule has 2 aromatic heterocycles. The second-order valence-corrected chi connectivity index (χ2v) is 11.0. The maximum absolute atomic E-state index is 12.9. The van der Waals surface area contributed by atoms with Gasteiger partial charge in [-0.1, -0.05) is 24.3 Å². The van der Waals surface area contributed by atoms with E-state index in [1.54, 1.807) is 11.1 Å². The van der Waals surface area contributed by atoms with Crippen molar-refractivity contribution in [3.05, 3.63) is 78.2 Å². The molecule has 2 fully saturated rings. The van der Waals surface area contributed by atoms with E-state index in [1.807, 2.05) is 42.1 Å². The number of nitrogens with zero attached hydrogens (tertiary/aromatic N) is 6. The van der Waals surface area contributed by atoms with Crippen molar-refractivity contribution < 1.29 is 19.1 Å². The van der Waals surface area contributed by atoms with Crippen LogP contribution in [-0.4, -0.2) is 89.4 Å². The molecular weight excluding hydrogens is 532 g/mol. The number of para-hydroxylation sites is 1. The number of aryl methyl sites for hydroxylation is 1. The second kappa shape index (κ2) is 12.2. The van der Waals surface area contributed by atoms with E-state index in [1.165, 1.54) is 7.11 Å². The summed E-state index contributed by atoms with van der Waals surface area (Å²) >= 11 is 0. The lowest BCUT2D eigenvalue weighted by Gasteiger charge is -2.37. The van der Waals surface area contributed by atoms with Crippen LogP contribution in [0.15, 0.2) is 67.0 Å². The van der Waals surface area contributed by atoms with E-state index in [4.69, 9.17) is 19.6 Å². The van der Waals surface area contributed by atoms with Crippen LogP contribution >= 0.6 is 0 Å². The summed E-state index contributed by atoms with van der Waals surface area (Å²) in [6.45, 7) is 6.90. The summed E-state index contributed by atoms with van der Waals surface area (Å²) in [6.07, 6.45) is 4.79. The highest BCUT2D eigenvalue weighted by molar-refractivity contribution is 5.96. The third-order valence-corrected chi connectivity index (χ3v) is 8.07. The molecule has 2 aromatic carbocycles. The maximum Gasteiger partial charge on any atom is 0.312 e. The standard InChI is InChI=1S/C32H36N6O4/c1-23-18-24-8-6-12-33-29(24)30(31(23)42-22-28(39)37-19-25(20-37)32(40)41-2)36-14-7-13-35(16-17-36)21-26-11-15-38(34-26)27-9-4-3-5-10-27/h3-6,8-12,15,18,25H,7,13-14,16-17,19-22H2,1-2H3. The number of likely N-dealkylation sites (tertiary alicyclic amines) is 1. The van der Waals surface area contributed by atoms with Gasteiger partial charge in [0.05, 0.1) is 29.9 Å². The highest BCUT2D eigenvalue weighted by atomic mass is 16.5. The molecule has 10 heteroatoms. The number of esters is 1. The fourth-order valence-corrected chi connectivity index (χ4v) is 5.78. The Morgan fingerprint density at radius 1 is 1.00 bits per heavy atom. The van der Waals surface area contributed by atoms with Gasteiger partial charge in [0.25, 0.3) is 5.91 Å². The van der Waals surface area contributed by atoms with Crippen LogP contribution in [-0.2, 0) is 20.9 Å². The highest BCUT2D eigenvalue weighted by Crippen LogP contribution is 2.39. The van der Waals surface area contributed by atoms with Crippen molar-refractivity contribution in [3.8, 4) is 11.4 Å². The average Bonchev–Trinajstić information content (AvgIpc) is 3.33.